The van der Waals surface area contributed by atoms with Crippen LogP contribution in [0, 0.1) is 0 Å². The average molecular weight is 313 g/mol. The first kappa shape index (κ1) is 15.6. The van der Waals surface area contributed by atoms with Gasteiger partial charge in [0.1, 0.15) is 17.5 Å². The molecule has 1 N–H and O–H groups in total. The van der Waals surface area contributed by atoms with Crippen LogP contribution in [0.3, 0.4) is 0 Å². The fourth-order valence-electron chi connectivity index (χ4n) is 2.78. The molecule has 1 aliphatic rings. The highest BCUT2D eigenvalue weighted by Crippen LogP contribution is 2.20. The molecule has 0 bridgehead atoms. The molecule has 1 aromatic carbocycles. The smallest absolute Gasteiger partial charge is 0.271 e. The van der Waals surface area contributed by atoms with Crippen molar-refractivity contribution in [2.24, 2.45) is 0 Å². The van der Waals surface area contributed by atoms with Gasteiger partial charge in [0.15, 0.2) is 0 Å². The quantitative estimate of drug-likeness (QED) is 0.943. The second kappa shape index (κ2) is 6.86. The normalized spacial score (nSPS) is 15.9. The fraction of sp³-hybridized carbons (Fsp3) is 0.444. The van der Waals surface area contributed by atoms with Crippen LogP contribution in [0.1, 0.15) is 48.8 Å². The number of benzene rings is 1. The number of carbonyl (C=O) groups is 1. The summed E-state index contributed by atoms with van der Waals surface area (Å²) in [6.07, 6.45) is 1.88. The molecule has 0 radical (unpaired) electrons. The number of likely N-dealkylation sites (tertiary alicyclic amines) is 1. The second-order valence-electron chi connectivity index (χ2n) is 6.28. The summed E-state index contributed by atoms with van der Waals surface area (Å²) in [5.41, 5.74) is 1.51. The number of H-pyrrole nitrogens is 1. The summed E-state index contributed by atoms with van der Waals surface area (Å²) >= 11 is 0. The molecule has 3 rings (SSSR count). The number of ether oxygens (including phenoxy) is 1. The summed E-state index contributed by atoms with van der Waals surface area (Å²) in [5.74, 6) is 1.24. The van der Waals surface area contributed by atoms with Crippen molar-refractivity contribution in [2.45, 2.75) is 38.7 Å². The van der Waals surface area contributed by atoms with Crippen LogP contribution in [0.2, 0.25) is 0 Å². The maximum absolute atomic E-state index is 12.5. The summed E-state index contributed by atoms with van der Waals surface area (Å²) in [5, 5.41) is 7.07. The molecule has 23 heavy (non-hydrogen) atoms. The van der Waals surface area contributed by atoms with E-state index in [0.717, 1.165) is 24.3 Å². The molecular weight excluding hydrogens is 290 g/mol. The molecule has 1 aromatic heterocycles. The van der Waals surface area contributed by atoms with E-state index < -0.39 is 0 Å². The van der Waals surface area contributed by atoms with Gasteiger partial charge in [-0.15, -0.1) is 0 Å². The Morgan fingerprint density at radius 3 is 2.57 bits per heavy atom. The van der Waals surface area contributed by atoms with Crippen molar-refractivity contribution in [1.29, 1.82) is 0 Å². The predicted molar refractivity (Wildman–Crippen MR) is 88.7 cm³/mol. The lowest BCUT2D eigenvalue weighted by Crippen LogP contribution is -2.41. The molecule has 0 unspecified atom stereocenters. The SMILES string of the molecule is CC(C)c1cc(C(=O)N2CCC(Oc3ccccc3)CC2)[nH]n1. The lowest BCUT2D eigenvalue weighted by Gasteiger charge is -2.31. The Balaban J connectivity index is 1.54. The Kier molecular flexibility index (Phi) is 4.65. The number of nitrogens with zero attached hydrogens (tertiary/aromatic N) is 2. The van der Waals surface area contributed by atoms with Crippen LogP contribution >= 0.6 is 0 Å². The van der Waals surface area contributed by atoms with E-state index in [4.69, 9.17) is 4.74 Å². The largest absolute Gasteiger partial charge is 0.490 e. The van der Waals surface area contributed by atoms with E-state index in [2.05, 4.69) is 24.0 Å². The number of hydrogen-bond donors (Lipinski definition) is 1. The molecule has 0 atom stereocenters. The molecule has 0 saturated carbocycles. The number of piperidine rings is 1. The van der Waals surface area contributed by atoms with Gasteiger partial charge in [-0.2, -0.15) is 5.10 Å². The van der Waals surface area contributed by atoms with Gasteiger partial charge < -0.3 is 9.64 Å². The lowest BCUT2D eigenvalue weighted by atomic mass is 10.1. The molecule has 0 aliphatic carbocycles. The van der Waals surface area contributed by atoms with Crippen molar-refractivity contribution in [3.8, 4) is 5.75 Å². The van der Waals surface area contributed by atoms with Crippen LogP contribution in [0.4, 0.5) is 0 Å². The van der Waals surface area contributed by atoms with Gasteiger partial charge in [0.25, 0.3) is 5.91 Å². The van der Waals surface area contributed by atoms with Crippen LogP contribution in [0.25, 0.3) is 0 Å². The van der Waals surface area contributed by atoms with Crippen LogP contribution in [-0.2, 0) is 0 Å². The summed E-state index contributed by atoms with van der Waals surface area (Å²) in [7, 11) is 0. The zero-order valence-corrected chi connectivity index (χ0v) is 13.7. The van der Waals surface area contributed by atoms with Crippen molar-refractivity contribution in [1.82, 2.24) is 15.1 Å². The molecule has 1 aliphatic heterocycles. The third-order valence-corrected chi connectivity index (χ3v) is 4.19. The number of aromatic amines is 1. The number of nitrogens with one attached hydrogen (secondary N) is 1. The van der Waals surface area contributed by atoms with E-state index in [0.29, 0.717) is 24.7 Å². The molecule has 122 valence electrons. The molecule has 1 amide bonds. The van der Waals surface area contributed by atoms with Gasteiger partial charge in [-0.25, -0.2) is 0 Å². The van der Waals surface area contributed by atoms with E-state index in [-0.39, 0.29) is 12.0 Å². The fourth-order valence-corrected chi connectivity index (χ4v) is 2.78. The topological polar surface area (TPSA) is 58.2 Å². The summed E-state index contributed by atoms with van der Waals surface area (Å²) < 4.78 is 5.97. The van der Waals surface area contributed by atoms with Crippen molar-refractivity contribution in [3.05, 3.63) is 47.8 Å². The molecule has 5 heteroatoms. The van der Waals surface area contributed by atoms with Gasteiger partial charge in [0.05, 0.1) is 5.69 Å². The van der Waals surface area contributed by atoms with Crippen LogP contribution in [0.5, 0.6) is 5.75 Å². The maximum Gasteiger partial charge on any atom is 0.271 e. The Bertz CT molecular complexity index is 643. The molecule has 1 saturated heterocycles. The van der Waals surface area contributed by atoms with Crippen molar-refractivity contribution < 1.29 is 9.53 Å². The van der Waals surface area contributed by atoms with Crippen molar-refractivity contribution in [3.63, 3.8) is 0 Å². The highest BCUT2D eigenvalue weighted by atomic mass is 16.5. The first-order valence-corrected chi connectivity index (χ1v) is 8.20. The first-order chi connectivity index (χ1) is 11.1. The van der Waals surface area contributed by atoms with Crippen LogP contribution in [-0.4, -0.2) is 40.2 Å². The number of hydrogen-bond acceptors (Lipinski definition) is 3. The van der Waals surface area contributed by atoms with E-state index in [1.165, 1.54) is 0 Å². The molecule has 5 nitrogen and oxygen atoms in total. The minimum atomic E-state index is 0.0301. The molecule has 0 spiro atoms. The highest BCUT2D eigenvalue weighted by molar-refractivity contribution is 5.92. The maximum atomic E-state index is 12.5. The van der Waals surface area contributed by atoms with E-state index in [1.807, 2.05) is 41.3 Å². The highest BCUT2D eigenvalue weighted by Gasteiger charge is 2.25. The van der Waals surface area contributed by atoms with Crippen molar-refractivity contribution >= 4 is 5.91 Å². The summed E-state index contributed by atoms with van der Waals surface area (Å²) in [4.78, 5) is 14.4. The van der Waals surface area contributed by atoms with Gasteiger partial charge in [-0.05, 0) is 24.1 Å². The number of rotatable bonds is 4. The minimum absolute atomic E-state index is 0.0301. The van der Waals surface area contributed by atoms with E-state index in [1.54, 1.807) is 0 Å². The van der Waals surface area contributed by atoms with Gasteiger partial charge in [-0.3, -0.25) is 9.89 Å². The first-order valence-electron chi connectivity index (χ1n) is 8.20. The molecule has 2 heterocycles. The van der Waals surface area contributed by atoms with Crippen molar-refractivity contribution in [2.75, 3.05) is 13.1 Å². The van der Waals surface area contributed by atoms with Crippen LogP contribution in [0.15, 0.2) is 36.4 Å². The van der Waals surface area contributed by atoms with E-state index in [9.17, 15) is 4.79 Å². The van der Waals surface area contributed by atoms with Crippen LogP contribution < -0.4 is 4.74 Å². The Labute approximate surface area is 136 Å². The number of aromatic nitrogens is 2. The molecule has 1 fully saturated rings. The van der Waals surface area contributed by atoms with Gasteiger partial charge in [0, 0.05) is 25.9 Å². The number of para-hydroxylation sites is 1. The lowest BCUT2D eigenvalue weighted by molar-refractivity contribution is 0.0590. The Morgan fingerprint density at radius 1 is 1.26 bits per heavy atom. The van der Waals surface area contributed by atoms with Gasteiger partial charge >= 0.3 is 0 Å². The van der Waals surface area contributed by atoms with Gasteiger partial charge in [-0.1, -0.05) is 32.0 Å². The molecule has 2 aromatic rings. The Morgan fingerprint density at radius 2 is 1.96 bits per heavy atom. The number of carbonyl (C=O) groups excluding carboxylic acids is 1. The summed E-state index contributed by atoms with van der Waals surface area (Å²) in [6.45, 7) is 5.56. The standard InChI is InChI=1S/C18H23N3O2/c1-13(2)16-12-17(20-19-16)18(22)21-10-8-15(9-11-21)23-14-6-4-3-5-7-14/h3-7,12-13,15H,8-11H2,1-2H3,(H,19,20). The third kappa shape index (κ3) is 3.73. The zero-order valence-electron chi connectivity index (χ0n) is 13.7. The number of amides is 1. The second-order valence-corrected chi connectivity index (χ2v) is 6.28. The minimum Gasteiger partial charge on any atom is -0.490 e. The van der Waals surface area contributed by atoms with E-state index >= 15 is 0 Å². The Hall–Kier alpha value is -2.30. The average Bonchev–Trinajstić information content (AvgIpc) is 3.06. The summed E-state index contributed by atoms with van der Waals surface area (Å²) in [6, 6.07) is 11.7. The third-order valence-electron chi connectivity index (χ3n) is 4.19. The zero-order chi connectivity index (χ0) is 16.2. The monoisotopic (exact) mass is 313 g/mol. The predicted octanol–water partition coefficient (Wildman–Crippen LogP) is 3.22. The van der Waals surface area contributed by atoms with Gasteiger partial charge in [0.2, 0.25) is 0 Å². The molecular formula is C18H23N3O2.